The molecule has 2 fully saturated rings. The molecule has 2 atom stereocenters. The van der Waals surface area contributed by atoms with Crippen LogP contribution in [-0.2, 0) is 24.2 Å². The summed E-state index contributed by atoms with van der Waals surface area (Å²) in [5, 5.41) is 11.7. The minimum atomic E-state index is -2.49. The third kappa shape index (κ3) is 5.82. The summed E-state index contributed by atoms with van der Waals surface area (Å²) in [4.78, 5) is 20.8. The van der Waals surface area contributed by atoms with Gasteiger partial charge in [-0.15, -0.1) is 21.5 Å². The fourth-order valence-electron chi connectivity index (χ4n) is 5.48. The Morgan fingerprint density at radius 3 is 2.85 bits per heavy atom. The minimum Gasteiger partial charge on any atom is -0.425 e. The molecule has 0 aromatic carbocycles. The molecule has 2 aromatic heterocycles. The molecule has 0 bridgehead atoms. The van der Waals surface area contributed by atoms with Gasteiger partial charge in [-0.2, -0.15) is 0 Å². The number of alkyl halides is 2. The molecule has 1 aliphatic heterocycles. The van der Waals surface area contributed by atoms with Crippen LogP contribution in [0.4, 0.5) is 8.78 Å². The van der Waals surface area contributed by atoms with Crippen molar-refractivity contribution in [1.82, 2.24) is 25.4 Å². The van der Waals surface area contributed by atoms with E-state index in [4.69, 9.17) is 9.40 Å². The van der Waals surface area contributed by atoms with E-state index in [1.165, 1.54) is 11.3 Å². The second-order valence-electron chi connectivity index (χ2n) is 10.2. The third-order valence-electron chi connectivity index (χ3n) is 7.45. The molecule has 1 N–H and O–H groups in total. The monoisotopic (exact) mass is 493 g/mol. The summed E-state index contributed by atoms with van der Waals surface area (Å²) in [5.41, 5.74) is 1.11. The van der Waals surface area contributed by atoms with Gasteiger partial charge in [-0.05, 0) is 44.6 Å². The first-order valence-corrected chi connectivity index (χ1v) is 13.3. The number of carbonyl (C=O) groups is 1. The van der Waals surface area contributed by atoms with Crippen LogP contribution in [0.2, 0.25) is 0 Å². The van der Waals surface area contributed by atoms with E-state index >= 15 is 0 Å². The zero-order valence-electron chi connectivity index (χ0n) is 19.7. The molecule has 10 heteroatoms. The first-order valence-electron chi connectivity index (χ1n) is 12.5. The molecule has 186 valence electrons. The van der Waals surface area contributed by atoms with Crippen LogP contribution in [0.25, 0.3) is 0 Å². The Morgan fingerprint density at radius 1 is 1.24 bits per heavy atom. The van der Waals surface area contributed by atoms with Crippen molar-refractivity contribution in [2.45, 2.75) is 95.6 Å². The highest BCUT2D eigenvalue weighted by atomic mass is 32.1. The summed E-state index contributed by atoms with van der Waals surface area (Å²) < 4.78 is 31.8. The maximum absolute atomic E-state index is 13.2. The quantitative estimate of drug-likeness (QED) is 0.576. The maximum atomic E-state index is 13.2. The summed E-state index contributed by atoms with van der Waals surface area (Å²) in [7, 11) is 0. The van der Waals surface area contributed by atoms with Gasteiger partial charge in [0, 0.05) is 49.7 Å². The zero-order chi connectivity index (χ0) is 23.7. The lowest BCUT2D eigenvalue weighted by atomic mass is 9.82. The van der Waals surface area contributed by atoms with Crippen LogP contribution < -0.4 is 5.32 Å². The predicted molar refractivity (Wildman–Crippen MR) is 124 cm³/mol. The van der Waals surface area contributed by atoms with Crippen LogP contribution in [-0.4, -0.2) is 51.0 Å². The van der Waals surface area contributed by atoms with E-state index in [-0.39, 0.29) is 37.1 Å². The molecule has 34 heavy (non-hydrogen) atoms. The fourth-order valence-corrected chi connectivity index (χ4v) is 6.64. The van der Waals surface area contributed by atoms with E-state index in [9.17, 15) is 13.6 Å². The number of hydrogen-bond donors (Lipinski definition) is 1. The number of nitrogens with one attached hydrogen (secondary N) is 1. The van der Waals surface area contributed by atoms with Crippen LogP contribution in [0, 0.1) is 12.8 Å². The lowest BCUT2D eigenvalue weighted by Crippen LogP contribution is -2.35. The number of nitrogens with zero attached hydrogens (tertiary/aromatic N) is 4. The van der Waals surface area contributed by atoms with E-state index in [2.05, 4.69) is 20.4 Å². The summed E-state index contributed by atoms with van der Waals surface area (Å²) in [6.07, 6.45) is 7.67. The summed E-state index contributed by atoms with van der Waals surface area (Å²) in [6, 6.07) is 0.214. The van der Waals surface area contributed by atoms with Crippen molar-refractivity contribution in [3.8, 4) is 0 Å². The first kappa shape index (κ1) is 23.8. The number of rotatable bonds is 7. The molecule has 2 saturated carbocycles. The molecule has 3 heterocycles. The number of fused-ring (bicyclic) bond motifs is 1. The zero-order valence-corrected chi connectivity index (χ0v) is 20.5. The molecule has 0 saturated heterocycles. The topological polar surface area (TPSA) is 84.2 Å². The third-order valence-corrected chi connectivity index (χ3v) is 8.77. The summed E-state index contributed by atoms with van der Waals surface area (Å²) in [6.45, 7) is 4.63. The number of amides is 1. The molecule has 7 nitrogen and oxygen atoms in total. The lowest BCUT2D eigenvalue weighted by molar-refractivity contribution is -0.121. The molecule has 2 aromatic rings. The van der Waals surface area contributed by atoms with Crippen LogP contribution >= 0.6 is 11.3 Å². The van der Waals surface area contributed by atoms with Crippen molar-refractivity contribution < 1.29 is 18.0 Å². The number of aromatic nitrogens is 3. The number of aryl methyl sites for hydroxylation is 1. The van der Waals surface area contributed by atoms with Gasteiger partial charge in [0.1, 0.15) is 6.42 Å². The highest BCUT2D eigenvalue weighted by Gasteiger charge is 2.47. The molecule has 2 aliphatic carbocycles. The molecule has 0 spiro atoms. The van der Waals surface area contributed by atoms with Crippen LogP contribution in [0.1, 0.15) is 84.6 Å². The van der Waals surface area contributed by atoms with Crippen LogP contribution in [0.5, 0.6) is 0 Å². The molecule has 2 unspecified atom stereocenters. The Bertz CT molecular complexity index is 1000. The summed E-state index contributed by atoms with van der Waals surface area (Å²) in [5.74, 6) is -1.08. The minimum absolute atomic E-state index is 0.0388. The second kappa shape index (κ2) is 9.97. The van der Waals surface area contributed by atoms with Crippen molar-refractivity contribution in [3.05, 3.63) is 27.4 Å². The van der Waals surface area contributed by atoms with Crippen molar-refractivity contribution in [2.24, 2.45) is 5.92 Å². The number of thiazole rings is 1. The van der Waals surface area contributed by atoms with Crippen molar-refractivity contribution >= 4 is 17.2 Å². The average molecular weight is 494 g/mol. The van der Waals surface area contributed by atoms with Crippen molar-refractivity contribution in [2.75, 3.05) is 13.1 Å². The molecule has 5 rings (SSSR count). The van der Waals surface area contributed by atoms with Gasteiger partial charge in [-0.3, -0.25) is 9.69 Å². The standard InChI is InChI=1S/C24H33F2N5O2S/c1-15-29-30-22(33-15)11-21(32)27-18-4-2-3-16(5-6-18)7-9-31-10-8-20-19(14-31)28-23(34-20)17-12-24(25,26)13-17/h16-18H,2-14H2,1H3,(H,27,32). The molecule has 3 aliphatic rings. The van der Waals surface area contributed by atoms with Gasteiger partial charge in [0.2, 0.25) is 23.6 Å². The Balaban J connectivity index is 1.04. The molecular weight excluding hydrogens is 460 g/mol. The van der Waals surface area contributed by atoms with Gasteiger partial charge in [0.15, 0.2) is 0 Å². The SMILES string of the molecule is Cc1nnc(CC(=O)NC2CCCC(CCN3CCc4sc(C5CC(F)(F)C5)nc4C3)CC2)o1. The predicted octanol–water partition coefficient (Wildman–Crippen LogP) is 4.40. The van der Waals surface area contributed by atoms with E-state index in [1.54, 1.807) is 18.3 Å². The van der Waals surface area contributed by atoms with Gasteiger partial charge in [0.05, 0.1) is 10.7 Å². The van der Waals surface area contributed by atoms with E-state index < -0.39 is 5.92 Å². The normalized spacial score (nSPS) is 25.4. The Labute approximate surface area is 202 Å². The first-order chi connectivity index (χ1) is 16.3. The number of hydrogen-bond acceptors (Lipinski definition) is 7. The van der Waals surface area contributed by atoms with Gasteiger partial charge in [-0.25, -0.2) is 13.8 Å². The highest BCUT2D eigenvalue weighted by Crippen LogP contribution is 2.49. The van der Waals surface area contributed by atoms with Crippen LogP contribution in [0.15, 0.2) is 4.42 Å². The summed E-state index contributed by atoms with van der Waals surface area (Å²) >= 11 is 1.66. The highest BCUT2D eigenvalue weighted by molar-refractivity contribution is 7.11. The largest absolute Gasteiger partial charge is 0.425 e. The fraction of sp³-hybridized carbons (Fsp3) is 0.750. The maximum Gasteiger partial charge on any atom is 0.249 e. The van der Waals surface area contributed by atoms with Gasteiger partial charge < -0.3 is 9.73 Å². The number of halogens is 2. The van der Waals surface area contributed by atoms with E-state index in [0.29, 0.717) is 17.7 Å². The van der Waals surface area contributed by atoms with Crippen molar-refractivity contribution in [1.29, 1.82) is 0 Å². The smallest absolute Gasteiger partial charge is 0.249 e. The average Bonchev–Trinajstić information content (AvgIpc) is 3.31. The van der Waals surface area contributed by atoms with Crippen molar-refractivity contribution in [3.63, 3.8) is 0 Å². The second-order valence-corrected chi connectivity index (χ2v) is 11.3. The number of carbonyl (C=O) groups excluding carboxylic acids is 1. The van der Waals surface area contributed by atoms with E-state index in [1.807, 2.05) is 0 Å². The Hall–Kier alpha value is -1.94. The lowest BCUT2D eigenvalue weighted by Gasteiger charge is -2.33. The molecular formula is C24H33F2N5O2S. The van der Waals surface area contributed by atoms with Gasteiger partial charge >= 0.3 is 0 Å². The van der Waals surface area contributed by atoms with E-state index in [0.717, 1.165) is 68.9 Å². The van der Waals surface area contributed by atoms with Gasteiger partial charge in [0.25, 0.3) is 0 Å². The Morgan fingerprint density at radius 2 is 2.09 bits per heavy atom. The molecule has 0 radical (unpaired) electrons. The molecule has 1 amide bonds. The Kier molecular flexibility index (Phi) is 6.97. The van der Waals surface area contributed by atoms with Crippen LogP contribution in [0.3, 0.4) is 0 Å². The van der Waals surface area contributed by atoms with Gasteiger partial charge in [-0.1, -0.05) is 12.8 Å².